The minimum atomic E-state index is 0.160. The third-order valence-electron chi connectivity index (χ3n) is 4.86. The summed E-state index contributed by atoms with van der Waals surface area (Å²) in [7, 11) is 0. The highest BCUT2D eigenvalue weighted by atomic mass is 16.2. The molecule has 0 aliphatic carbocycles. The van der Waals surface area contributed by atoms with Crippen molar-refractivity contribution >= 4 is 11.6 Å². The molecule has 5 nitrogen and oxygen atoms in total. The van der Waals surface area contributed by atoms with E-state index in [1.807, 2.05) is 52.2 Å². The Morgan fingerprint density at radius 2 is 1.85 bits per heavy atom. The fourth-order valence-electron chi connectivity index (χ4n) is 3.40. The summed E-state index contributed by atoms with van der Waals surface area (Å²) in [6, 6.07) is 18.2. The van der Waals surface area contributed by atoms with E-state index in [0.29, 0.717) is 6.54 Å². The Morgan fingerprint density at radius 1 is 1.00 bits per heavy atom. The van der Waals surface area contributed by atoms with Gasteiger partial charge in [0.1, 0.15) is 0 Å². The first-order chi connectivity index (χ1) is 12.7. The van der Waals surface area contributed by atoms with Crippen LogP contribution in [0.15, 0.2) is 67.0 Å². The predicted molar refractivity (Wildman–Crippen MR) is 102 cm³/mol. The highest BCUT2D eigenvalue weighted by Crippen LogP contribution is 2.20. The first kappa shape index (κ1) is 16.5. The third-order valence-corrected chi connectivity index (χ3v) is 4.86. The predicted octanol–water partition coefficient (Wildman–Crippen LogP) is 3.03. The Kier molecular flexibility index (Phi) is 4.54. The number of carbonyl (C=O) groups excluding carboxylic acids is 1. The SMILES string of the molecule is Cc1cc(-n2cccn2)ccc1CN1CCN(c2ccccc2)C(=O)C1. The lowest BCUT2D eigenvalue weighted by Gasteiger charge is -2.34. The number of hydrogen-bond donors (Lipinski definition) is 0. The molecule has 5 heteroatoms. The maximum Gasteiger partial charge on any atom is 0.241 e. The molecule has 132 valence electrons. The number of aryl methyl sites for hydroxylation is 1. The Hall–Kier alpha value is -2.92. The van der Waals surface area contributed by atoms with Crippen LogP contribution in [0.4, 0.5) is 5.69 Å². The summed E-state index contributed by atoms with van der Waals surface area (Å²) >= 11 is 0. The van der Waals surface area contributed by atoms with E-state index < -0.39 is 0 Å². The Morgan fingerprint density at radius 3 is 2.54 bits per heavy atom. The molecule has 1 aliphatic heterocycles. The third kappa shape index (κ3) is 3.39. The smallest absolute Gasteiger partial charge is 0.241 e. The van der Waals surface area contributed by atoms with Crippen molar-refractivity contribution in [1.29, 1.82) is 0 Å². The largest absolute Gasteiger partial charge is 0.310 e. The van der Waals surface area contributed by atoms with Gasteiger partial charge in [0.05, 0.1) is 12.2 Å². The van der Waals surface area contributed by atoms with E-state index in [4.69, 9.17) is 0 Å². The molecule has 1 fully saturated rings. The topological polar surface area (TPSA) is 41.4 Å². The zero-order valence-corrected chi connectivity index (χ0v) is 14.9. The molecule has 0 spiro atoms. The number of amides is 1. The summed E-state index contributed by atoms with van der Waals surface area (Å²) in [5.74, 6) is 0.160. The lowest BCUT2D eigenvalue weighted by Crippen LogP contribution is -2.50. The zero-order chi connectivity index (χ0) is 17.9. The van der Waals surface area contributed by atoms with Gasteiger partial charge in [-0.15, -0.1) is 0 Å². The van der Waals surface area contributed by atoms with Crippen LogP contribution in [0.2, 0.25) is 0 Å². The molecule has 0 bridgehead atoms. The normalized spacial score (nSPS) is 15.4. The summed E-state index contributed by atoms with van der Waals surface area (Å²) < 4.78 is 1.86. The highest BCUT2D eigenvalue weighted by molar-refractivity contribution is 5.95. The molecule has 1 aliphatic rings. The molecule has 4 rings (SSSR count). The number of rotatable bonds is 4. The van der Waals surface area contributed by atoms with Crippen molar-refractivity contribution in [2.75, 3.05) is 24.5 Å². The van der Waals surface area contributed by atoms with Crippen LogP contribution in [0.1, 0.15) is 11.1 Å². The first-order valence-electron chi connectivity index (χ1n) is 8.88. The second-order valence-electron chi connectivity index (χ2n) is 6.65. The van der Waals surface area contributed by atoms with Crippen molar-refractivity contribution in [3.8, 4) is 5.69 Å². The maximum absolute atomic E-state index is 12.6. The monoisotopic (exact) mass is 346 g/mol. The second kappa shape index (κ2) is 7.14. The van der Waals surface area contributed by atoms with E-state index >= 15 is 0 Å². The lowest BCUT2D eigenvalue weighted by molar-refractivity contribution is -0.121. The summed E-state index contributed by atoms with van der Waals surface area (Å²) in [5.41, 5.74) is 4.51. The number of piperazine rings is 1. The van der Waals surface area contributed by atoms with Crippen LogP contribution < -0.4 is 4.90 Å². The Balaban J connectivity index is 1.43. The summed E-state index contributed by atoms with van der Waals surface area (Å²) in [6.45, 7) is 4.97. The molecule has 0 atom stereocenters. The van der Waals surface area contributed by atoms with Gasteiger partial charge in [-0.2, -0.15) is 5.10 Å². The van der Waals surface area contributed by atoms with E-state index in [-0.39, 0.29) is 5.91 Å². The molecule has 3 aromatic rings. The first-order valence-corrected chi connectivity index (χ1v) is 8.88. The Labute approximate surface area is 153 Å². The molecule has 26 heavy (non-hydrogen) atoms. The van der Waals surface area contributed by atoms with Crippen molar-refractivity contribution < 1.29 is 4.79 Å². The molecule has 1 saturated heterocycles. The van der Waals surface area contributed by atoms with Gasteiger partial charge in [-0.1, -0.05) is 24.3 Å². The van der Waals surface area contributed by atoms with Crippen LogP contribution in [-0.4, -0.2) is 40.2 Å². The summed E-state index contributed by atoms with van der Waals surface area (Å²) in [4.78, 5) is 16.7. The van der Waals surface area contributed by atoms with Crippen molar-refractivity contribution in [1.82, 2.24) is 14.7 Å². The molecule has 0 N–H and O–H groups in total. The maximum atomic E-state index is 12.6. The van der Waals surface area contributed by atoms with Crippen molar-refractivity contribution in [3.63, 3.8) is 0 Å². The van der Waals surface area contributed by atoms with Gasteiger partial charge in [0.25, 0.3) is 0 Å². The van der Waals surface area contributed by atoms with Gasteiger partial charge in [-0.05, 0) is 48.4 Å². The molecule has 1 aromatic heterocycles. The molecular formula is C21H22N4O. The average Bonchev–Trinajstić information content (AvgIpc) is 3.19. The number of carbonyl (C=O) groups is 1. The number of anilines is 1. The van der Waals surface area contributed by atoms with E-state index in [1.54, 1.807) is 6.20 Å². The van der Waals surface area contributed by atoms with Gasteiger partial charge in [-0.25, -0.2) is 4.68 Å². The number of para-hydroxylation sites is 1. The highest BCUT2D eigenvalue weighted by Gasteiger charge is 2.25. The van der Waals surface area contributed by atoms with Crippen LogP contribution in [0, 0.1) is 6.92 Å². The van der Waals surface area contributed by atoms with Crippen LogP contribution in [0.25, 0.3) is 5.69 Å². The van der Waals surface area contributed by atoms with Gasteiger partial charge in [0, 0.05) is 37.7 Å². The second-order valence-corrected chi connectivity index (χ2v) is 6.65. The Bertz CT molecular complexity index is 890. The molecule has 2 heterocycles. The summed E-state index contributed by atoms with van der Waals surface area (Å²) in [6.07, 6.45) is 3.72. The van der Waals surface area contributed by atoms with Crippen LogP contribution in [0.3, 0.4) is 0 Å². The fourth-order valence-corrected chi connectivity index (χ4v) is 3.40. The quantitative estimate of drug-likeness (QED) is 0.729. The minimum absolute atomic E-state index is 0.160. The van der Waals surface area contributed by atoms with Crippen LogP contribution >= 0.6 is 0 Å². The van der Waals surface area contributed by atoms with Crippen LogP contribution in [-0.2, 0) is 11.3 Å². The van der Waals surface area contributed by atoms with Crippen molar-refractivity contribution in [3.05, 3.63) is 78.1 Å². The van der Waals surface area contributed by atoms with Gasteiger partial charge in [-0.3, -0.25) is 9.69 Å². The molecule has 1 amide bonds. The molecule has 0 radical (unpaired) electrons. The van der Waals surface area contributed by atoms with Gasteiger partial charge >= 0.3 is 0 Å². The molecular weight excluding hydrogens is 324 g/mol. The van der Waals surface area contributed by atoms with Gasteiger partial charge in [0.2, 0.25) is 5.91 Å². The number of nitrogens with zero attached hydrogens (tertiary/aromatic N) is 4. The minimum Gasteiger partial charge on any atom is -0.310 e. The molecule has 2 aromatic carbocycles. The molecule has 0 unspecified atom stereocenters. The standard InChI is InChI=1S/C21H22N4O/c1-17-14-20(25-11-5-10-22-25)9-8-18(17)15-23-12-13-24(21(26)16-23)19-6-3-2-4-7-19/h2-11,14H,12-13,15-16H2,1H3. The van der Waals surface area contributed by atoms with Gasteiger partial charge in [0.15, 0.2) is 0 Å². The molecule has 0 saturated carbocycles. The zero-order valence-electron chi connectivity index (χ0n) is 14.9. The van der Waals surface area contributed by atoms with Crippen molar-refractivity contribution in [2.45, 2.75) is 13.5 Å². The van der Waals surface area contributed by atoms with E-state index in [0.717, 1.165) is 31.0 Å². The van der Waals surface area contributed by atoms with E-state index in [9.17, 15) is 4.79 Å². The fraction of sp³-hybridized carbons (Fsp3) is 0.238. The van der Waals surface area contributed by atoms with E-state index in [2.05, 4.69) is 35.1 Å². The number of aromatic nitrogens is 2. The number of benzene rings is 2. The summed E-state index contributed by atoms with van der Waals surface area (Å²) in [5, 5.41) is 4.28. The van der Waals surface area contributed by atoms with E-state index in [1.165, 1.54) is 11.1 Å². The van der Waals surface area contributed by atoms with Crippen molar-refractivity contribution in [2.24, 2.45) is 0 Å². The average molecular weight is 346 g/mol. The lowest BCUT2D eigenvalue weighted by atomic mass is 10.1. The van der Waals surface area contributed by atoms with Gasteiger partial charge < -0.3 is 4.90 Å². The number of hydrogen-bond acceptors (Lipinski definition) is 3. The van der Waals surface area contributed by atoms with Crippen LogP contribution in [0.5, 0.6) is 0 Å².